The number of fused-ring (bicyclic) bond motifs is 1. The lowest BCUT2D eigenvalue weighted by Crippen LogP contribution is -2.32. The van der Waals surface area contributed by atoms with Crippen molar-refractivity contribution >= 4 is 6.09 Å². The maximum atomic E-state index is 12.9. The van der Waals surface area contributed by atoms with Crippen LogP contribution in [0.15, 0.2) is 12.1 Å². The van der Waals surface area contributed by atoms with Gasteiger partial charge in [0.05, 0.1) is 6.10 Å². The molecular formula is C13H15F2NO6. The molecule has 3 N–H and O–H groups in total. The molecule has 2 rings (SSSR count). The summed E-state index contributed by atoms with van der Waals surface area (Å²) in [4.78, 5) is 11.4. The smallest absolute Gasteiger partial charge is 0.504 e. The predicted octanol–water partition coefficient (Wildman–Crippen LogP) is 1.71. The zero-order chi connectivity index (χ0) is 16.3. The second kappa shape index (κ2) is 6.22. The number of ether oxygens (including phenoxy) is 3. The van der Waals surface area contributed by atoms with Crippen LogP contribution in [0.2, 0.25) is 0 Å². The summed E-state index contributed by atoms with van der Waals surface area (Å²) in [6.45, 7) is 1.41. The third-order valence-electron chi connectivity index (χ3n) is 2.94. The molecule has 0 fully saturated rings. The molecule has 0 saturated heterocycles. The highest BCUT2D eigenvalue weighted by Gasteiger charge is 2.45. The maximum Gasteiger partial charge on any atom is 0.586 e. The number of aliphatic hydroxyl groups is 1. The van der Waals surface area contributed by atoms with Crippen molar-refractivity contribution in [2.45, 2.75) is 32.4 Å². The molecule has 0 aliphatic carbocycles. The number of alkyl carbamates (subject to hydrolysis) is 1. The Bertz CT molecular complexity index is 566. The molecule has 1 heterocycles. The van der Waals surface area contributed by atoms with Crippen LogP contribution in [0.5, 0.6) is 17.2 Å². The Hall–Kier alpha value is -2.29. The number of hydrogen-bond acceptors (Lipinski definition) is 6. The van der Waals surface area contributed by atoms with Gasteiger partial charge in [-0.1, -0.05) is 6.92 Å². The van der Waals surface area contributed by atoms with E-state index in [2.05, 4.69) is 14.8 Å². The molecule has 1 atom stereocenters. The summed E-state index contributed by atoms with van der Waals surface area (Å²) in [5, 5.41) is 21.4. The highest BCUT2D eigenvalue weighted by Crippen LogP contribution is 2.48. The van der Waals surface area contributed by atoms with Crippen LogP contribution in [0.3, 0.4) is 0 Å². The molecule has 1 aliphatic rings. The number of hydrogen-bond donors (Lipinski definition) is 3. The molecule has 1 aromatic rings. The average Bonchev–Trinajstić information content (AvgIpc) is 2.79. The molecular weight excluding hydrogens is 304 g/mol. The van der Waals surface area contributed by atoms with Gasteiger partial charge < -0.3 is 29.7 Å². The standard InChI is InChI=1S/C13H15F2NO6/c1-2-8(17)5-16-12(19)20-6-7-3-4-9-11(10(7)18)22-13(14,15)21-9/h3-4,8,17-18H,2,5-6H2,1H3,(H,16,19)/t8-/m0/s1. The van der Waals surface area contributed by atoms with Crippen molar-refractivity contribution in [2.24, 2.45) is 0 Å². The molecule has 9 heteroatoms. The summed E-state index contributed by atoms with van der Waals surface area (Å²) in [6, 6.07) is 2.44. The highest BCUT2D eigenvalue weighted by molar-refractivity contribution is 5.67. The molecule has 0 aromatic heterocycles. The minimum absolute atomic E-state index is 0.0225. The minimum atomic E-state index is -3.84. The second-order valence-electron chi connectivity index (χ2n) is 4.59. The number of carbonyl (C=O) groups excluding carboxylic acids is 1. The van der Waals surface area contributed by atoms with Crippen LogP contribution in [0.25, 0.3) is 0 Å². The van der Waals surface area contributed by atoms with Gasteiger partial charge in [0.15, 0.2) is 11.5 Å². The number of aromatic hydroxyl groups is 1. The fourth-order valence-corrected chi connectivity index (χ4v) is 1.70. The first-order chi connectivity index (χ1) is 10.3. The van der Waals surface area contributed by atoms with Gasteiger partial charge in [-0.3, -0.25) is 0 Å². The molecule has 0 radical (unpaired) electrons. The van der Waals surface area contributed by atoms with Gasteiger partial charge in [0.2, 0.25) is 5.75 Å². The zero-order valence-electron chi connectivity index (χ0n) is 11.6. The largest absolute Gasteiger partial charge is 0.586 e. The number of phenols is 1. The van der Waals surface area contributed by atoms with Crippen LogP contribution < -0.4 is 14.8 Å². The van der Waals surface area contributed by atoms with E-state index in [1.165, 1.54) is 12.1 Å². The van der Waals surface area contributed by atoms with Gasteiger partial charge >= 0.3 is 12.4 Å². The molecule has 122 valence electrons. The van der Waals surface area contributed by atoms with Gasteiger partial charge in [0.1, 0.15) is 6.61 Å². The van der Waals surface area contributed by atoms with Gasteiger partial charge in [0.25, 0.3) is 0 Å². The number of amides is 1. The van der Waals surface area contributed by atoms with Crippen molar-refractivity contribution in [1.29, 1.82) is 0 Å². The topological polar surface area (TPSA) is 97.3 Å². The minimum Gasteiger partial charge on any atom is -0.504 e. The van der Waals surface area contributed by atoms with E-state index in [9.17, 15) is 23.8 Å². The number of aliphatic hydroxyl groups excluding tert-OH is 1. The van der Waals surface area contributed by atoms with Crippen molar-refractivity contribution in [3.63, 3.8) is 0 Å². The van der Waals surface area contributed by atoms with Crippen molar-refractivity contribution in [3.8, 4) is 17.2 Å². The molecule has 0 bridgehead atoms. The van der Waals surface area contributed by atoms with Gasteiger partial charge in [-0.05, 0) is 18.6 Å². The molecule has 1 aliphatic heterocycles. The molecule has 1 amide bonds. The Morgan fingerprint density at radius 3 is 2.86 bits per heavy atom. The summed E-state index contributed by atoms with van der Waals surface area (Å²) < 4.78 is 38.9. The van der Waals surface area contributed by atoms with Crippen LogP contribution in [0, 0.1) is 0 Å². The van der Waals surface area contributed by atoms with E-state index in [4.69, 9.17) is 4.74 Å². The summed E-state index contributed by atoms with van der Waals surface area (Å²) in [5.74, 6) is -1.40. The first-order valence-electron chi connectivity index (χ1n) is 6.51. The normalized spacial score (nSPS) is 16.2. The number of phenolic OH excluding ortho intramolecular Hbond substituents is 1. The molecule has 1 aromatic carbocycles. The van der Waals surface area contributed by atoms with Gasteiger partial charge in [-0.2, -0.15) is 0 Å². The van der Waals surface area contributed by atoms with Gasteiger partial charge in [0, 0.05) is 12.1 Å². The molecule has 22 heavy (non-hydrogen) atoms. The van der Waals surface area contributed by atoms with Crippen LogP contribution in [0.4, 0.5) is 13.6 Å². The number of rotatable bonds is 5. The summed E-state index contributed by atoms with van der Waals surface area (Å²) in [5.41, 5.74) is 0.0752. The van der Waals surface area contributed by atoms with Gasteiger partial charge in [-0.15, -0.1) is 8.78 Å². The SMILES string of the molecule is CC[C@H](O)CNC(=O)OCc1ccc2c(c1O)OC(F)(F)O2. The van der Waals surface area contributed by atoms with Crippen LogP contribution in [0.1, 0.15) is 18.9 Å². The first-order valence-corrected chi connectivity index (χ1v) is 6.51. The Kier molecular flexibility index (Phi) is 4.55. The Morgan fingerprint density at radius 2 is 2.18 bits per heavy atom. The van der Waals surface area contributed by atoms with E-state index in [-0.39, 0.29) is 24.5 Å². The summed E-state index contributed by atoms with van der Waals surface area (Å²) in [7, 11) is 0. The number of alkyl halides is 2. The van der Waals surface area contributed by atoms with Crippen molar-refractivity contribution in [2.75, 3.05) is 6.54 Å². The molecule has 0 spiro atoms. The average molecular weight is 319 g/mol. The number of halogens is 2. The quantitative estimate of drug-likeness (QED) is 0.764. The van der Waals surface area contributed by atoms with E-state index < -0.39 is 30.0 Å². The van der Waals surface area contributed by atoms with Crippen LogP contribution >= 0.6 is 0 Å². The third kappa shape index (κ3) is 3.67. The second-order valence-corrected chi connectivity index (χ2v) is 4.59. The van der Waals surface area contributed by atoms with E-state index in [0.29, 0.717) is 6.42 Å². The highest BCUT2D eigenvalue weighted by atomic mass is 19.3. The summed E-state index contributed by atoms with van der Waals surface area (Å²) in [6.07, 6.45) is -4.87. The lowest BCUT2D eigenvalue weighted by molar-refractivity contribution is -0.287. The zero-order valence-corrected chi connectivity index (χ0v) is 11.6. The van der Waals surface area contributed by atoms with E-state index in [1.54, 1.807) is 6.92 Å². The first kappa shape index (κ1) is 16.1. The number of nitrogens with one attached hydrogen (secondary N) is 1. The van der Waals surface area contributed by atoms with E-state index in [0.717, 1.165) is 0 Å². The number of benzene rings is 1. The summed E-state index contributed by atoms with van der Waals surface area (Å²) >= 11 is 0. The maximum absolute atomic E-state index is 12.9. The molecule has 7 nitrogen and oxygen atoms in total. The molecule has 0 unspecified atom stereocenters. The lowest BCUT2D eigenvalue weighted by Gasteiger charge is -2.11. The monoisotopic (exact) mass is 319 g/mol. The van der Waals surface area contributed by atoms with Crippen molar-refractivity contribution in [3.05, 3.63) is 17.7 Å². The van der Waals surface area contributed by atoms with Gasteiger partial charge in [-0.25, -0.2) is 4.79 Å². The number of carbonyl (C=O) groups is 1. The lowest BCUT2D eigenvalue weighted by atomic mass is 10.2. The fourth-order valence-electron chi connectivity index (χ4n) is 1.70. The van der Waals surface area contributed by atoms with Crippen LogP contribution in [-0.4, -0.2) is 35.2 Å². The Balaban J connectivity index is 1.94. The van der Waals surface area contributed by atoms with Crippen molar-refractivity contribution in [1.82, 2.24) is 5.32 Å². The predicted molar refractivity (Wildman–Crippen MR) is 68.8 cm³/mol. The van der Waals surface area contributed by atoms with Crippen molar-refractivity contribution < 1.29 is 38.0 Å². The Morgan fingerprint density at radius 1 is 1.45 bits per heavy atom. The van der Waals surface area contributed by atoms with E-state index >= 15 is 0 Å². The fraction of sp³-hybridized carbons (Fsp3) is 0.462. The third-order valence-corrected chi connectivity index (χ3v) is 2.94. The van der Waals surface area contributed by atoms with Crippen LogP contribution in [-0.2, 0) is 11.3 Å². The Labute approximate surface area is 124 Å². The molecule has 0 saturated carbocycles. The van der Waals surface area contributed by atoms with E-state index in [1.807, 2.05) is 0 Å².